The molecule has 0 aliphatic carbocycles. The number of nitriles is 1. The fourth-order valence-corrected chi connectivity index (χ4v) is 2.03. The molecule has 1 aromatic heterocycles. The number of hydrogen-bond donors (Lipinski definition) is 0. The minimum Gasteiger partial charge on any atom is -0.491 e. The summed E-state index contributed by atoms with van der Waals surface area (Å²) in [6.07, 6.45) is 1.62. The molecular formula is C13H12N2O2S. The molecule has 0 fully saturated rings. The van der Waals surface area contributed by atoms with Gasteiger partial charge in [0.15, 0.2) is 0 Å². The van der Waals surface area contributed by atoms with Gasteiger partial charge in [-0.25, -0.2) is 4.98 Å². The van der Waals surface area contributed by atoms with Gasteiger partial charge in [-0.05, 0) is 19.1 Å². The second kappa shape index (κ2) is 6.12. The fourth-order valence-electron chi connectivity index (χ4n) is 1.36. The molecular weight excluding hydrogens is 248 g/mol. The molecule has 0 radical (unpaired) electrons. The lowest BCUT2D eigenvalue weighted by molar-refractivity contribution is 0.342. The van der Waals surface area contributed by atoms with Crippen molar-refractivity contribution in [1.29, 1.82) is 5.26 Å². The lowest BCUT2D eigenvalue weighted by Crippen LogP contribution is -2.01. The van der Waals surface area contributed by atoms with Crippen molar-refractivity contribution in [2.75, 3.05) is 12.4 Å². The number of ether oxygens (including phenoxy) is 1. The minimum absolute atomic E-state index is 0.505. The van der Waals surface area contributed by atoms with E-state index in [4.69, 9.17) is 14.4 Å². The third-order valence-corrected chi connectivity index (χ3v) is 2.98. The van der Waals surface area contributed by atoms with E-state index in [9.17, 15) is 0 Å². The summed E-state index contributed by atoms with van der Waals surface area (Å²) in [7, 11) is 0. The van der Waals surface area contributed by atoms with Crippen LogP contribution in [0.3, 0.4) is 0 Å². The van der Waals surface area contributed by atoms with Gasteiger partial charge >= 0.3 is 0 Å². The van der Waals surface area contributed by atoms with Crippen molar-refractivity contribution >= 4 is 11.8 Å². The van der Waals surface area contributed by atoms with Crippen molar-refractivity contribution in [1.82, 2.24) is 4.98 Å². The molecule has 4 nitrogen and oxygen atoms in total. The van der Waals surface area contributed by atoms with E-state index >= 15 is 0 Å². The Morgan fingerprint density at radius 2 is 2.28 bits per heavy atom. The molecule has 2 rings (SSSR count). The standard InChI is InChI=1S/C13H12N2O2S/c1-10-9-17-13(15-10)18-7-6-16-12-5-3-2-4-11(12)8-14/h2-5,9H,6-7H2,1H3. The number of para-hydroxylation sites is 1. The maximum Gasteiger partial charge on any atom is 0.255 e. The molecule has 92 valence electrons. The quantitative estimate of drug-likeness (QED) is 0.611. The summed E-state index contributed by atoms with van der Waals surface area (Å²) in [5.74, 6) is 1.34. The number of oxazole rings is 1. The Morgan fingerprint density at radius 1 is 1.44 bits per heavy atom. The van der Waals surface area contributed by atoms with Gasteiger partial charge in [0, 0.05) is 5.75 Å². The molecule has 0 unspecified atom stereocenters. The first-order valence-electron chi connectivity index (χ1n) is 5.46. The van der Waals surface area contributed by atoms with Crippen molar-refractivity contribution in [3.8, 4) is 11.8 Å². The predicted octanol–water partition coefficient (Wildman–Crippen LogP) is 3.03. The lowest BCUT2D eigenvalue weighted by atomic mass is 10.2. The summed E-state index contributed by atoms with van der Waals surface area (Å²) in [5, 5.41) is 9.54. The largest absolute Gasteiger partial charge is 0.491 e. The fraction of sp³-hybridized carbons (Fsp3) is 0.231. The number of nitrogens with zero attached hydrogens (tertiary/aromatic N) is 2. The van der Waals surface area contributed by atoms with Crippen LogP contribution in [0.25, 0.3) is 0 Å². The molecule has 0 aliphatic rings. The molecule has 0 N–H and O–H groups in total. The van der Waals surface area contributed by atoms with E-state index in [1.165, 1.54) is 11.8 Å². The predicted molar refractivity (Wildman–Crippen MR) is 68.6 cm³/mol. The van der Waals surface area contributed by atoms with Crippen molar-refractivity contribution in [3.63, 3.8) is 0 Å². The van der Waals surface area contributed by atoms with E-state index in [0.29, 0.717) is 23.1 Å². The third kappa shape index (κ3) is 3.28. The Balaban J connectivity index is 1.80. The Hall–Kier alpha value is -1.93. The van der Waals surface area contributed by atoms with E-state index in [2.05, 4.69) is 11.1 Å². The molecule has 0 saturated heterocycles. The first kappa shape index (κ1) is 12.5. The van der Waals surface area contributed by atoms with Crippen LogP contribution in [-0.2, 0) is 0 Å². The first-order chi connectivity index (χ1) is 8.79. The Morgan fingerprint density at radius 3 is 3.00 bits per heavy atom. The van der Waals surface area contributed by atoms with E-state index < -0.39 is 0 Å². The Bertz CT molecular complexity index is 560. The van der Waals surface area contributed by atoms with Crippen LogP contribution >= 0.6 is 11.8 Å². The summed E-state index contributed by atoms with van der Waals surface area (Å²) in [4.78, 5) is 4.18. The highest BCUT2D eigenvalue weighted by molar-refractivity contribution is 7.99. The van der Waals surface area contributed by atoms with Crippen LogP contribution in [0.15, 0.2) is 40.2 Å². The first-order valence-corrected chi connectivity index (χ1v) is 6.45. The van der Waals surface area contributed by atoms with Gasteiger partial charge < -0.3 is 9.15 Å². The van der Waals surface area contributed by atoms with E-state index in [1.807, 2.05) is 19.1 Å². The highest BCUT2D eigenvalue weighted by Crippen LogP contribution is 2.19. The SMILES string of the molecule is Cc1coc(SCCOc2ccccc2C#N)n1. The van der Waals surface area contributed by atoms with E-state index in [0.717, 1.165) is 11.4 Å². The van der Waals surface area contributed by atoms with Crippen molar-refractivity contribution < 1.29 is 9.15 Å². The molecule has 0 spiro atoms. The minimum atomic E-state index is 0.505. The number of thioether (sulfide) groups is 1. The molecule has 1 heterocycles. The summed E-state index contributed by atoms with van der Waals surface area (Å²) >= 11 is 1.49. The average molecular weight is 260 g/mol. The van der Waals surface area contributed by atoms with Gasteiger partial charge in [-0.15, -0.1) is 0 Å². The topological polar surface area (TPSA) is 59.0 Å². The number of aromatic nitrogens is 1. The van der Waals surface area contributed by atoms with Crippen LogP contribution in [0.1, 0.15) is 11.3 Å². The van der Waals surface area contributed by atoms with E-state index in [-0.39, 0.29) is 0 Å². The van der Waals surface area contributed by atoms with Gasteiger partial charge in [0.25, 0.3) is 5.22 Å². The molecule has 0 amide bonds. The Kier molecular flexibility index (Phi) is 4.26. The zero-order valence-electron chi connectivity index (χ0n) is 9.92. The van der Waals surface area contributed by atoms with Gasteiger partial charge in [0.2, 0.25) is 0 Å². The number of aryl methyl sites for hydroxylation is 1. The molecule has 0 atom stereocenters. The van der Waals surface area contributed by atoms with Gasteiger partial charge in [0.1, 0.15) is 18.1 Å². The van der Waals surface area contributed by atoms with Crippen molar-refractivity contribution in [2.45, 2.75) is 12.1 Å². The maximum absolute atomic E-state index is 8.90. The zero-order chi connectivity index (χ0) is 12.8. The average Bonchev–Trinajstić information content (AvgIpc) is 2.81. The number of benzene rings is 1. The van der Waals surface area contributed by atoms with Crippen molar-refractivity contribution in [3.05, 3.63) is 41.8 Å². The normalized spacial score (nSPS) is 10.0. The molecule has 2 aromatic rings. The van der Waals surface area contributed by atoms with Crippen LogP contribution < -0.4 is 4.74 Å². The van der Waals surface area contributed by atoms with Gasteiger partial charge in [-0.3, -0.25) is 0 Å². The molecule has 0 aliphatic heterocycles. The third-order valence-electron chi connectivity index (χ3n) is 2.17. The highest BCUT2D eigenvalue weighted by atomic mass is 32.2. The second-order valence-electron chi connectivity index (χ2n) is 3.56. The molecule has 5 heteroatoms. The van der Waals surface area contributed by atoms with Crippen LogP contribution in [0.4, 0.5) is 0 Å². The van der Waals surface area contributed by atoms with Crippen LogP contribution in [0.2, 0.25) is 0 Å². The molecule has 1 aromatic carbocycles. The Labute approximate surface area is 110 Å². The van der Waals surface area contributed by atoms with E-state index in [1.54, 1.807) is 18.4 Å². The second-order valence-corrected chi connectivity index (χ2v) is 4.61. The monoisotopic (exact) mass is 260 g/mol. The van der Waals surface area contributed by atoms with Crippen molar-refractivity contribution in [2.24, 2.45) is 0 Å². The van der Waals surface area contributed by atoms with Crippen LogP contribution in [-0.4, -0.2) is 17.3 Å². The zero-order valence-corrected chi connectivity index (χ0v) is 10.7. The maximum atomic E-state index is 8.90. The molecule has 18 heavy (non-hydrogen) atoms. The molecule has 0 saturated carbocycles. The summed E-state index contributed by atoms with van der Waals surface area (Å²) in [6.45, 7) is 2.39. The smallest absolute Gasteiger partial charge is 0.255 e. The van der Waals surface area contributed by atoms with Gasteiger partial charge in [-0.2, -0.15) is 5.26 Å². The highest BCUT2D eigenvalue weighted by Gasteiger charge is 2.03. The summed E-state index contributed by atoms with van der Waals surface area (Å²) in [5.41, 5.74) is 1.42. The van der Waals surface area contributed by atoms with Crippen LogP contribution in [0.5, 0.6) is 5.75 Å². The van der Waals surface area contributed by atoms with Gasteiger partial charge in [0.05, 0.1) is 17.9 Å². The molecule has 0 bridgehead atoms. The number of hydrogen-bond acceptors (Lipinski definition) is 5. The lowest BCUT2D eigenvalue weighted by Gasteiger charge is -2.05. The summed E-state index contributed by atoms with van der Waals surface area (Å²) in [6, 6.07) is 9.28. The number of rotatable bonds is 5. The van der Waals surface area contributed by atoms with Gasteiger partial charge in [-0.1, -0.05) is 23.9 Å². The summed E-state index contributed by atoms with van der Waals surface area (Å²) < 4.78 is 10.7. The van der Waals surface area contributed by atoms with Crippen LogP contribution in [0, 0.1) is 18.3 Å².